The first-order valence-electron chi connectivity index (χ1n) is 3.77. The molecule has 2 rings (SSSR count). The molecule has 0 aliphatic carbocycles. The van der Waals surface area contributed by atoms with Gasteiger partial charge in [-0.2, -0.15) is 0 Å². The summed E-state index contributed by atoms with van der Waals surface area (Å²) < 4.78 is 0. The van der Waals surface area contributed by atoms with Gasteiger partial charge in [-0.1, -0.05) is 0 Å². The van der Waals surface area contributed by atoms with Crippen molar-refractivity contribution in [2.75, 3.05) is 0 Å². The van der Waals surface area contributed by atoms with E-state index in [2.05, 4.69) is 9.97 Å². The Morgan fingerprint density at radius 1 is 0.417 bits per heavy atom. The summed E-state index contributed by atoms with van der Waals surface area (Å²) in [5.41, 5.74) is 2.35. The van der Waals surface area contributed by atoms with Crippen molar-refractivity contribution in [3.05, 3.63) is 111 Å². The molecule has 2 aromatic rings. The normalized spacial score (nSPS) is 4.83. The summed E-state index contributed by atoms with van der Waals surface area (Å²) in [4.78, 5) is 7.91. The first kappa shape index (κ1) is 77.2. The Kier molecular flexibility index (Phi) is 139. The standard InChI is InChI=1S/C10H8N2.Co.10H2N.Ru/c1-5-11-6-2-9(1)10-3-7-12-8-4-10;;;;;;;;;;;;/h1-8H;;10*1H2;/q;;10*-1;+5. The number of nitrogens with two attached hydrogens (primary N) is 10. The molecule has 0 atom stereocenters. The van der Waals surface area contributed by atoms with Gasteiger partial charge in [0.05, 0.1) is 0 Å². The van der Waals surface area contributed by atoms with Crippen LogP contribution in [0.15, 0.2) is 49.1 Å². The quantitative estimate of drug-likeness (QED) is 0.362. The SMILES string of the molecule is [Co].[NH2-].[NH2-].[NH2-].[NH2-].[NH2-].[NH2-].[NH2-].[NH2-].[NH2-].[NH2-].[Ru+5].c1cc(-c2ccncc2)ccn1. The van der Waals surface area contributed by atoms with E-state index < -0.39 is 0 Å². The van der Waals surface area contributed by atoms with E-state index in [1.807, 2.05) is 24.3 Å². The van der Waals surface area contributed by atoms with E-state index in [1.54, 1.807) is 24.8 Å². The van der Waals surface area contributed by atoms with Gasteiger partial charge in [-0.15, -0.1) is 0 Å². The van der Waals surface area contributed by atoms with Crippen LogP contribution in [0.1, 0.15) is 0 Å². The van der Waals surface area contributed by atoms with Crippen molar-refractivity contribution in [1.82, 2.24) is 9.97 Å². The molecule has 0 saturated heterocycles. The zero-order valence-corrected chi connectivity index (χ0v) is 15.8. The van der Waals surface area contributed by atoms with Crippen LogP contribution < -0.4 is 0 Å². The van der Waals surface area contributed by atoms with Gasteiger partial charge in [0.1, 0.15) is 0 Å². The van der Waals surface area contributed by atoms with Crippen molar-refractivity contribution in [2.24, 2.45) is 0 Å². The largest absolute Gasteiger partial charge is 5.00 e. The predicted octanol–water partition coefficient (Wildman–Crippen LogP) is 9.31. The molecule has 0 unspecified atom stereocenters. The van der Waals surface area contributed by atoms with Gasteiger partial charge in [-0.3, -0.25) is 9.97 Å². The van der Waals surface area contributed by atoms with Crippen LogP contribution in [0.2, 0.25) is 0 Å². The minimum atomic E-state index is 0. The average Bonchev–Trinajstić information content (AvgIpc) is 2.21. The number of pyridine rings is 2. The van der Waals surface area contributed by atoms with Gasteiger partial charge in [0.15, 0.2) is 0 Å². The minimum Gasteiger partial charge on any atom is -0.693 e. The van der Waals surface area contributed by atoms with Crippen LogP contribution in [-0.2, 0) is 36.3 Å². The molecule has 0 saturated carbocycles. The van der Waals surface area contributed by atoms with Gasteiger partial charge in [0.25, 0.3) is 0 Å². The molecular formula is C10H28CoN12Ru-5. The molecule has 0 amide bonds. The Morgan fingerprint density at radius 2 is 0.583 bits per heavy atom. The van der Waals surface area contributed by atoms with E-state index in [0.717, 1.165) is 0 Å². The Balaban J connectivity index is -0.0000000156. The third-order valence-electron chi connectivity index (χ3n) is 1.69. The Hall–Kier alpha value is -0.970. The smallest absolute Gasteiger partial charge is 0.693 e. The zero-order chi connectivity index (χ0) is 8.23. The fraction of sp³-hybridized carbons (Fsp3) is 0. The van der Waals surface area contributed by atoms with Crippen molar-refractivity contribution in [3.8, 4) is 11.1 Å². The fourth-order valence-electron chi connectivity index (χ4n) is 1.09. The fourth-order valence-corrected chi connectivity index (χ4v) is 1.09. The molecule has 12 nitrogen and oxygen atoms in total. The summed E-state index contributed by atoms with van der Waals surface area (Å²) in [6.45, 7) is 0. The van der Waals surface area contributed by atoms with Crippen LogP contribution in [0.4, 0.5) is 0 Å². The first-order valence-corrected chi connectivity index (χ1v) is 3.77. The molecule has 2 radical (unpaired) electrons. The second-order valence-corrected chi connectivity index (χ2v) is 2.47. The van der Waals surface area contributed by atoms with E-state index in [4.69, 9.17) is 0 Å². The summed E-state index contributed by atoms with van der Waals surface area (Å²) in [5, 5.41) is 0. The van der Waals surface area contributed by atoms with Gasteiger partial charge in [-0.05, 0) is 35.4 Å². The monoisotopic (exact) mass is 477 g/mol. The van der Waals surface area contributed by atoms with Crippen molar-refractivity contribution < 1.29 is 36.3 Å². The summed E-state index contributed by atoms with van der Waals surface area (Å²) in [5.74, 6) is 0. The summed E-state index contributed by atoms with van der Waals surface area (Å²) >= 11 is 0. The molecule has 14 heteroatoms. The molecule has 2 heterocycles. The minimum absolute atomic E-state index is 0. The Bertz CT molecular complexity index is 331. The van der Waals surface area contributed by atoms with E-state index in [0.29, 0.717) is 0 Å². The maximum absolute atomic E-state index is 3.96. The van der Waals surface area contributed by atoms with Crippen LogP contribution in [0.25, 0.3) is 72.6 Å². The van der Waals surface area contributed by atoms with Crippen molar-refractivity contribution in [2.45, 2.75) is 0 Å². The van der Waals surface area contributed by atoms with Gasteiger partial charge in [-0.25, -0.2) is 0 Å². The van der Waals surface area contributed by atoms with E-state index >= 15 is 0 Å². The Labute approximate surface area is 167 Å². The van der Waals surface area contributed by atoms with Gasteiger partial charge < -0.3 is 61.5 Å². The van der Waals surface area contributed by atoms with Crippen LogP contribution in [0.3, 0.4) is 0 Å². The number of hydrogen-bond acceptors (Lipinski definition) is 2. The molecule has 150 valence electrons. The van der Waals surface area contributed by atoms with E-state index in [-0.39, 0.29) is 97.8 Å². The van der Waals surface area contributed by atoms with Gasteiger partial charge in [0.2, 0.25) is 0 Å². The van der Waals surface area contributed by atoms with Crippen molar-refractivity contribution in [1.29, 1.82) is 0 Å². The molecule has 0 aliphatic rings. The molecule has 0 spiro atoms. The van der Waals surface area contributed by atoms with Crippen LogP contribution in [0, 0.1) is 0 Å². The van der Waals surface area contributed by atoms with E-state index in [9.17, 15) is 0 Å². The second kappa shape index (κ2) is 43.1. The molecule has 20 N–H and O–H groups in total. The molecule has 2 aromatic heterocycles. The topological polar surface area (TPSA) is 361 Å². The third kappa shape index (κ3) is 23.3. The first-order chi connectivity index (χ1) is 5.97. The summed E-state index contributed by atoms with van der Waals surface area (Å²) in [6.07, 6.45) is 7.15. The molecule has 0 fully saturated rings. The maximum atomic E-state index is 3.96. The average molecular weight is 476 g/mol. The molecular weight excluding hydrogens is 448 g/mol. The number of nitrogens with zero attached hydrogens (tertiary/aromatic N) is 2. The summed E-state index contributed by atoms with van der Waals surface area (Å²) in [6, 6.07) is 7.93. The van der Waals surface area contributed by atoms with Crippen LogP contribution in [0.5, 0.6) is 0 Å². The predicted molar refractivity (Wildman–Crippen MR) is 100 cm³/mol. The van der Waals surface area contributed by atoms with Gasteiger partial charge >= 0.3 is 19.5 Å². The Morgan fingerprint density at radius 3 is 0.750 bits per heavy atom. The number of aromatic nitrogens is 2. The molecule has 0 bridgehead atoms. The molecule has 24 heavy (non-hydrogen) atoms. The van der Waals surface area contributed by atoms with Crippen LogP contribution in [-0.4, -0.2) is 9.97 Å². The molecule has 0 aliphatic heterocycles. The van der Waals surface area contributed by atoms with Crippen LogP contribution >= 0.6 is 0 Å². The van der Waals surface area contributed by atoms with Gasteiger partial charge in [0, 0.05) is 41.6 Å². The van der Waals surface area contributed by atoms with Crippen molar-refractivity contribution >= 4 is 0 Å². The number of rotatable bonds is 1. The zero-order valence-electron chi connectivity index (χ0n) is 13.0. The number of hydrogen-bond donors (Lipinski definition) is 0. The maximum Gasteiger partial charge on any atom is 5.00 e. The van der Waals surface area contributed by atoms with E-state index in [1.165, 1.54) is 11.1 Å². The van der Waals surface area contributed by atoms with Crippen molar-refractivity contribution in [3.63, 3.8) is 0 Å². The second-order valence-electron chi connectivity index (χ2n) is 2.47. The summed E-state index contributed by atoms with van der Waals surface area (Å²) in [7, 11) is 0. The molecule has 0 aromatic carbocycles. The third-order valence-corrected chi connectivity index (χ3v) is 1.69.